The van der Waals surface area contributed by atoms with Gasteiger partial charge in [-0.25, -0.2) is 0 Å². The number of nitrogens with zero attached hydrogens (tertiary/aromatic N) is 1. The second-order valence-corrected chi connectivity index (χ2v) is 2.66. The van der Waals surface area contributed by atoms with Gasteiger partial charge in [0.25, 0.3) is 0 Å². The Bertz CT molecular complexity index is 299. The summed E-state index contributed by atoms with van der Waals surface area (Å²) in [6, 6.07) is 7.78. The SMILES string of the molecule is Cc1ccc(CCl)cc1C#N. The molecule has 1 aromatic carbocycles. The van der Waals surface area contributed by atoms with E-state index in [1.807, 2.05) is 25.1 Å². The first-order chi connectivity index (χ1) is 5.27. The van der Waals surface area contributed by atoms with Crippen molar-refractivity contribution in [3.05, 3.63) is 34.9 Å². The van der Waals surface area contributed by atoms with E-state index in [9.17, 15) is 0 Å². The monoisotopic (exact) mass is 165 g/mol. The fourth-order valence-corrected chi connectivity index (χ4v) is 1.04. The van der Waals surface area contributed by atoms with Gasteiger partial charge in [0.05, 0.1) is 11.6 Å². The Morgan fingerprint density at radius 3 is 2.82 bits per heavy atom. The van der Waals surface area contributed by atoms with Crippen LogP contribution in [0.3, 0.4) is 0 Å². The molecule has 0 aliphatic heterocycles. The molecule has 0 saturated heterocycles. The second-order valence-electron chi connectivity index (χ2n) is 2.39. The molecule has 0 aliphatic rings. The lowest BCUT2D eigenvalue weighted by molar-refractivity contribution is 1.32. The van der Waals surface area contributed by atoms with E-state index in [1.54, 1.807) is 0 Å². The van der Waals surface area contributed by atoms with Crippen molar-refractivity contribution in [2.45, 2.75) is 12.8 Å². The summed E-state index contributed by atoms with van der Waals surface area (Å²) in [5.74, 6) is 0.467. The topological polar surface area (TPSA) is 23.8 Å². The van der Waals surface area contributed by atoms with E-state index in [1.165, 1.54) is 0 Å². The summed E-state index contributed by atoms with van der Waals surface area (Å²) in [5, 5.41) is 8.65. The van der Waals surface area contributed by atoms with Gasteiger partial charge in [-0.05, 0) is 24.1 Å². The molecule has 0 N–H and O–H groups in total. The van der Waals surface area contributed by atoms with E-state index in [2.05, 4.69) is 6.07 Å². The minimum atomic E-state index is 0.467. The zero-order chi connectivity index (χ0) is 8.27. The molecule has 0 bridgehead atoms. The molecule has 1 rings (SSSR count). The van der Waals surface area contributed by atoms with Crippen LogP contribution in [0, 0.1) is 18.3 Å². The Morgan fingerprint density at radius 1 is 1.55 bits per heavy atom. The van der Waals surface area contributed by atoms with Gasteiger partial charge < -0.3 is 0 Å². The third kappa shape index (κ3) is 1.72. The van der Waals surface area contributed by atoms with E-state index in [4.69, 9.17) is 16.9 Å². The first kappa shape index (κ1) is 8.10. The van der Waals surface area contributed by atoms with Crippen molar-refractivity contribution in [1.82, 2.24) is 0 Å². The van der Waals surface area contributed by atoms with Gasteiger partial charge in [-0.3, -0.25) is 0 Å². The van der Waals surface area contributed by atoms with Crippen molar-refractivity contribution < 1.29 is 0 Å². The predicted octanol–water partition coefficient (Wildman–Crippen LogP) is 2.61. The maximum absolute atomic E-state index is 8.65. The number of rotatable bonds is 1. The van der Waals surface area contributed by atoms with E-state index < -0.39 is 0 Å². The van der Waals surface area contributed by atoms with Crippen molar-refractivity contribution >= 4 is 11.6 Å². The van der Waals surface area contributed by atoms with Crippen LogP contribution >= 0.6 is 11.6 Å². The van der Waals surface area contributed by atoms with Crippen molar-refractivity contribution in [2.75, 3.05) is 0 Å². The Balaban J connectivity index is 3.15. The van der Waals surface area contributed by atoms with Gasteiger partial charge in [-0.15, -0.1) is 11.6 Å². The van der Waals surface area contributed by atoms with E-state index in [0.29, 0.717) is 11.4 Å². The van der Waals surface area contributed by atoms with Gasteiger partial charge in [-0.2, -0.15) is 5.26 Å². The van der Waals surface area contributed by atoms with Crippen LogP contribution in [-0.2, 0) is 5.88 Å². The standard InChI is InChI=1S/C9H8ClN/c1-7-2-3-8(5-10)4-9(7)6-11/h2-4H,5H2,1H3. The maximum atomic E-state index is 8.65. The summed E-state index contributed by atoms with van der Waals surface area (Å²) < 4.78 is 0. The molecule has 0 aromatic heterocycles. The fourth-order valence-electron chi connectivity index (χ4n) is 0.873. The van der Waals surface area contributed by atoms with Gasteiger partial charge in [0.15, 0.2) is 0 Å². The molecule has 0 amide bonds. The molecule has 56 valence electrons. The summed E-state index contributed by atoms with van der Waals surface area (Å²) in [6.45, 7) is 1.91. The molecular formula is C9H8ClN. The maximum Gasteiger partial charge on any atom is 0.0994 e. The van der Waals surface area contributed by atoms with Gasteiger partial charge in [-0.1, -0.05) is 12.1 Å². The van der Waals surface area contributed by atoms with E-state index >= 15 is 0 Å². The van der Waals surface area contributed by atoms with E-state index in [0.717, 1.165) is 11.1 Å². The average Bonchev–Trinajstić information content (AvgIpc) is 2.05. The van der Waals surface area contributed by atoms with Gasteiger partial charge >= 0.3 is 0 Å². The average molecular weight is 166 g/mol. The quantitative estimate of drug-likeness (QED) is 0.587. The Morgan fingerprint density at radius 2 is 2.27 bits per heavy atom. The first-order valence-electron chi connectivity index (χ1n) is 3.33. The Kier molecular flexibility index (Phi) is 2.51. The zero-order valence-corrected chi connectivity index (χ0v) is 7.02. The second kappa shape index (κ2) is 3.41. The molecule has 1 aromatic rings. The van der Waals surface area contributed by atoms with Crippen molar-refractivity contribution in [3.8, 4) is 6.07 Å². The van der Waals surface area contributed by atoms with Crippen LogP contribution in [0.25, 0.3) is 0 Å². The molecule has 0 unspecified atom stereocenters. The third-order valence-corrected chi connectivity index (χ3v) is 1.89. The summed E-state index contributed by atoms with van der Waals surface area (Å²) in [7, 11) is 0. The van der Waals surface area contributed by atoms with Crippen LogP contribution in [0.2, 0.25) is 0 Å². The number of alkyl halides is 1. The van der Waals surface area contributed by atoms with Crippen molar-refractivity contribution in [2.24, 2.45) is 0 Å². The molecule has 0 saturated carbocycles. The van der Waals surface area contributed by atoms with Crippen molar-refractivity contribution in [1.29, 1.82) is 5.26 Å². The van der Waals surface area contributed by atoms with Gasteiger partial charge in [0.2, 0.25) is 0 Å². The molecule has 0 radical (unpaired) electrons. The van der Waals surface area contributed by atoms with Crippen LogP contribution in [0.4, 0.5) is 0 Å². The lowest BCUT2D eigenvalue weighted by Gasteiger charge is -1.98. The number of hydrogen-bond acceptors (Lipinski definition) is 1. The molecule has 0 heterocycles. The molecule has 1 nitrogen and oxygen atoms in total. The Labute approximate surface area is 71.2 Å². The largest absolute Gasteiger partial charge is 0.192 e. The summed E-state index contributed by atoms with van der Waals surface area (Å²) >= 11 is 5.60. The number of nitriles is 1. The number of aryl methyl sites for hydroxylation is 1. The first-order valence-corrected chi connectivity index (χ1v) is 3.87. The highest BCUT2D eigenvalue weighted by Crippen LogP contribution is 2.11. The molecule has 0 aliphatic carbocycles. The Hall–Kier alpha value is -1.00. The minimum Gasteiger partial charge on any atom is -0.192 e. The lowest BCUT2D eigenvalue weighted by Crippen LogP contribution is -1.84. The molecule has 11 heavy (non-hydrogen) atoms. The molecule has 0 atom stereocenters. The van der Waals surface area contributed by atoms with Crippen molar-refractivity contribution in [3.63, 3.8) is 0 Å². The summed E-state index contributed by atoms with van der Waals surface area (Å²) in [4.78, 5) is 0. The summed E-state index contributed by atoms with van der Waals surface area (Å²) in [5.41, 5.74) is 2.71. The fraction of sp³-hybridized carbons (Fsp3) is 0.222. The van der Waals surface area contributed by atoms with Crippen LogP contribution in [0.15, 0.2) is 18.2 Å². The lowest BCUT2D eigenvalue weighted by atomic mass is 10.1. The number of hydrogen-bond donors (Lipinski definition) is 0. The number of halogens is 1. The summed E-state index contributed by atoms with van der Waals surface area (Å²) in [6.07, 6.45) is 0. The third-order valence-electron chi connectivity index (χ3n) is 1.58. The smallest absolute Gasteiger partial charge is 0.0994 e. The zero-order valence-electron chi connectivity index (χ0n) is 6.26. The van der Waals surface area contributed by atoms with E-state index in [-0.39, 0.29) is 0 Å². The number of benzene rings is 1. The molecular weight excluding hydrogens is 158 g/mol. The van der Waals surface area contributed by atoms with Crippen LogP contribution < -0.4 is 0 Å². The molecule has 0 spiro atoms. The predicted molar refractivity (Wildman–Crippen MR) is 45.5 cm³/mol. The van der Waals surface area contributed by atoms with Crippen LogP contribution in [-0.4, -0.2) is 0 Å². The minimum absolute atomic E-state index is 0.467. The highest BCUT2D eigenvalue weighted by atomic mass is 35.5. The molecule has 0 fully saturated rings. The normalized spacial score (nSPS) is 9.18. The highest BCUT2D eigenvalue weighted by molar-refractivity contribution is 6.17. The highest BCUT2D eigenvalue weighted by Gasteiger charge is 1.97. The van der Waals surface area contributed by atoms with Gasteiger partial charge in [0, 0.05) is 5.88 Å². The van der Waals surface area contributed by atoms with Gasteiger partial charge in [0.1, 0.15) is 0 Å². The van der Waals surface area contributed by atoms with Crippen LogP contribution in [0.1, 0.15) is 16.7 Å². The molecule has 2 heteroatoms. The van der Waals surface area contributed by atoms with Crippen LogP contribution in [0.5, 0.6) is 0 Å².